The largest absolute Gasteiger partial charge is 0.508 e. The number of Topliss-reactive ketones (excluding diaryl/α,β-unsaturated/α-hetero) is 3. The summed E-state index contributed by atoms with van der Waals surface area (Å²) in [5.74, 6) is -4.54. The molecule has 4 N–H and O–H groups in total. The quantitative estimate of drug-likeness (QED) is 0.317. The van der Waals surface area contributed by atoms with Gasteiger partial charge in [-0.1, -0.05) is 53.7 Å². The highest BCUT2D eigenvalue weighted by Crippen LogP contribution is 2.65. The SMILES string of the molecule is CC(=O)C1=C(O)[C@]2(O)C(=O)C3=C(O)c4c(O)c(-c5ccc6c(c5)OCC6)cc(C(C)C)c4C[C@]3(C)C[C@]2(C)C(C(C)C)C1=O. The van der Waals surface area contributed by atoms with Crippen molar-refractivity contribution in [1.82, 2.24) is 0 Å². The van der Waals surface area contributed by atoms with Crippen LogP contribution < -0.4 is 4.74 Å². The number of aliphatic hydroxyl groups excluding tert-OH is 2. The monoisotopic (exact) mass is 600 g/mol. The molecule has 0 saturated heterocycles. The van der Waals surface area contributed by atoms with Crippen LogP contribution in [0.2, 0.25) is 0 Å². The molecule has 3 aliphatic carbocycles. The van der Waals surface area contributed by atoms with Gasteiger partial charge in [0.1, 0.15) is 28.6 Å². The van der Waals surface area contributed by atoms with Crippen LogP contribution in [0.3, 0.4) is 0 Å². The van der Waals surface area contributed by atoms with Crippen molar-refractivity contribution in [3.63, 3.8) is 0 Å². The van der Waals surface area contributed by atoms with Gasteiger partial charge in [0, 0.05) is 34.3 Å². The number of carbonyl (C=O) groups is 3. The third-order valence-electron chi connectivity index (χ3n) is 10.7. The molecule has 44 heavy (non-hydrogen) atoms. The van der Waals surface area contributed by atoms with E-state index in [1.165, 1.54) is 0 Å². The Morgan fingerprint density at radius 1 is 1.05 bits per heavy atom. The highest BCUT2D eigenvalue weighted by atomic mass is 16.5. The van der Waals surface area contributed by atoms with E-state index in [2.05, 4.69) is 0 Å². The fraction of sp³-hybridized carbons (Fsp3) is 0.472. The zero-order valence-electron chi connectivity index (χ0n) is 26.3. The van der Waals surface area contributed by atoms with Crippen molar-refractivity contribution in [1.29, 1.82) is 0 Å². The number of phenolic OH excluding ortho intramolecular Hbond substituents is 1. The van der Waals surface area contributed by atoms with Gasteiger partial charge in [0.05, 0.1) is 12.2 Å². The van der Waals surface area contributed by atoms with Crippen molar-refractivity contribution in [2.24, 2.45) is 22.7 Å². The summed E-state index contributed by atoms with van der Waals surface area (Å²) in [5, 5.41) is 47.5. The minimum absolute atomic E-state index is 0.0108. The molecule has 232 valence electrons. The van der Waals surface area contributed by atoms with Gasteiger partial charge in [-0.3, -0.25) is 14.4 Å². The average Bonchev–Trinajstić information content (AvgIpc) is 3.38. The maximum atomic E-state index is 14.6. The maximum Gasteiger partial charge on any atom is 0.203 e. The number of fused-ring (bicyclic) bond motifs is 4. The van der Waals surface area contributed by atoms with Gasteiger partial charge < -0.3 is 25.2 Å². The summed E-state index contributed by atoms with van der Waals surface area (Å²) in [5.41, 5.74) is -1.96. The fourth-order valence-corrected chi connectivity index (χ4v) is 8.88. The second kappa shape index (κ2) is 9.54. The van der Waals surface area contributed by atoms with E-state index in [0.717, 1.165) is 30.2 Å². The third kappa shape index (κ3) is 3.69. The van der Waals surface area contributed by atoms with Crippen LogP contribution in [0.5, 0.6) is 11.5 Å². The van der Waals surface area contributed by atoms with Gasteiger partial charge in [0.15, 0.2) is 17.2 Å². The second-order valence-electron chi connectivity index (χ2n) is 14.3. The van der Waals surface area contributed by atoms with Crippen molar-refractivity contribution in [2.45, 2.75) is 79.2 Å². The topological polar surface area (TPSA) is 141 Å². The van der Waals surface area contributed by atoms with Gasteiger partial charge in [-0.2, -0.15) is 0 Å². The molecule has 1 fully saturated rings. The Balaban J connectivity index is 1.64. The van der Waals surface area contributed by atoms with Gasteiger partial charge in [-0.05, 0) is 66.0 Å². The maximum absolute atomic E-state index is 14.6. The van der Waals surface area contributed by atoms with Gasteiger partial charge in [0.25, 0.3) is 0 Å². The first kappa shape index (κ1) is 30.1. The number of allylic oxidation sites excluding steroid dienone is 1. The van der Waals surface area contributed by atoms with E-state index in [1.807, 2.05) is 45.0 Å². The molecule has 1 unspecified atom stereocenters. The van der Waals surface area contributed by atoms with Crippen LogP contribution in [-0.4, -0.2) is 50.0 Å². The molecule has 2 aromatic rings. The van der Waals surface area contributed by atoms with E-state index in [4.69, 9.17) is 4.74 Å². The Bertz CT molecular complexity index is 1740. The molecular formula is C36H40O8. The molecule has 0 radical (unpaired) electrons. The van der Waals surface area contributed by atoms with E-state index >= 15 is 0 Å². The van der Waals surface area contributed by atoms with Crippen molar-refractivity contribution in [3.8, 4) is 22.6 Å². The first-order valence-electron chi connectivity index (χ1n) is 15.3. The number of benzene rings is 2. The van der Waals surface area contributed by atoms with Crippen LogP contribution in [0.1, 0.15) is 83.1 Å². The zero-order valence-corrected chi connectivity index (χ0v) is 26.3. The van der Waals surface area contributed by atoms with Crippen molar-refractivity contribution in [3.05, 3.63) is 63.4 Å². The highest BCUT2D eigenvalue weighted by Gasteiger charge is 2.72. The van der Waals surface area contributed by atoms with Crippen LogP contribution in [0, 0.1) is 22.7 Å². The zero-order chi connectivity index (χ0) is 32.3. The number of hydrogen-bond acceptors (Lipinski definition) is 8. The summed E-state index contributed by atoms with van der Waals surface area (Å²) in [7, 11) is 0. The number of carbonyl (C=O) groups excluding carboxylic acids is 3. The molecule has 8 heteroatoms. The molecule has 4 aliphatic rings. The number of aliphatic hydroxyl groups is 3. The van der Waals surface area contributed by atoms with Crippen molar-refractivity contribution < 1.29 is 39.5 Å². The Hall–Kier alpha value is -3.91. The average molecular weight is 601 g/mol. The Kier molecular flexibility index (Phi) is 6.54. The number of ketones is 3. The van der Waals surface area contributed by atoms with E-state index in [0.29, 0.717) is 23.3 Å². The predicted octanol–water partition coefficient (Wildman–Crippen LogP) is 5.92. The lowest BCUT2D eigenvalue weighted by molar-refractivity contribution is -0.178. The molecule has 6 rings (SSSR count). The normalized spacial score (nSPS) is 29.5. The van der Waals surface area contributed by atoms with Crippen LogP contribution in [0.4, 0.5) is 0 Å². The van der Waals surface area contributed by atoms with Crippen molar-refractivity contribution >= 4 is 23.1 Å². The smallest absolute Gasteiger partial charge is 0.203 e. The predicted molar refractivity (Wildman–Crippen MR) is 165 cm³/mol. The van der Waals surface area contributed by atoms with E-state index in [1.54, 1.807) is 20.8 Å². The van der Waals surface area contributed by atoms with E-state index in [-0.39, 0.29) is 41.6 Å². The minimum Gasteiger partial charge on any atom is -0.508 e. The van der Waals surface area contributed by atoms with E-state index in [9.17, 15) is 34.8 Å². The first-order valence-corrected chi connectivity index (χ1v) is 15.3. The molecule has 1 heterocycles. The Labute approximate surface area is 257 Å². The second-order valence-corrected chi connectivity index (χ2v) is 14.3. The fourth-order valence-electron chi connectivity index (χ4n) is 8.88. The standard InChI is InChI=1S/C36H40O8/c1-16(2)21-13-22(20-9-8-19-10-11-44-24(19)12-20)29(38)26-23(21)14-34(6)15-35(7)27(17(3)4)30(39)25(18(5)37)32(41)36(35,43)33(42)28(34)31(26)40/h8-9,12-13,16-17,27,38,40-41,43H,10-11,14-15H2,1-7H3/t27?,34-,35-,36+/m1/s1. The van der Waals surface area contributed by atoms with Crippen LogP contribution >= 0.6 is 0 Å². The molecule has 0 aromatic heterocycles. The van der Waals surface area contributed by atoms with Crippen LogP contribution in [0.25, 0.3) is 16.9 Å². The summed E-state index contributed by atoms with van der Waals surface area (Å²) in [6.07, 6.45) is 1.11. The van der Waals surface area contributed by atoms with Crippen molar-refractivity contribution in [2.75, 3.05) is 6.61 Å². The molecule has 4 atom stereocenters. The minimum atomic E-state index is -2.64. The Morgan fingerprint density at radius 2 is 1.73 bits per heavy atom. The van der Waals surface area contributed by atoms with E-state index < -0.39 is 56.8 Å². The lowest BCUT2D eigenvalue weighted by Gasteiger charge is -2.59. The molecule has 1 aliphatic heterocycles. The number of rotatable bonds is 4. The summed E-state index contributed by atoms with van der Waals surface area (Å²) < 4.78 is 5.76. The highest BCUT2D eigenvalue weighted by molar-refractivity contribution is 6.24. The molecule has 0 bridgehead atoms. The summed E-state index contributed by atoms with van der Waals surface area (Å²) in [6, 6.07) is 7.64. The molecule has 1 saturated carbocycles. The first-order chi connectivity index (χ1) is 20.5. The number of hydrogen-bond donors (Lipinski definition) is 4. The molecule has 8 nitrogen and oxygen atoms in total. The van der Waals surface area contributed by atoms with Crippen LogP contribution in [0.15, 0.2) is 41.2 Å². The van der Waals surface area contributed by atoms with Gasteiger partial charge >= 0.3 is 0 Å². The molecule has 0 amide bonds. The summed E-state index contributed by atoms with van der Waals surface area (Å²) >= 11 is 0. The molecular weight excluding hydrogens is 560 g/mol. The number of aromatic hydroxyl groups is 1. The lowest BCUT2D eigenvalue weighted by Crippen LogP contribution is -2.69. The number of ether oxygens (including phenoxy) is 1. The lowest BCUT2D eigenvalue weighted by atomic mass is 9.43. The Morgan fingerprint density at radius 3 is 2.34 bits per heavy atom. The van der Waals surface area contributed by atoms with Gasteiger partial charge in [-0.15, -0.1) is 0 Å². The van der Waals surface area contributed by atoms with Gasteiger partial charge in [0.2, 0.25) is 5.78 Å². The molecule has 0 spiro atoms. The van der Waals surface area contributed by atoms with Gasteiger partial charge in [-0.25, -0.2) is 0 Å². The number of phenols is 1. The molecule has 2 aromatic carbocycles. The summed E-state index contributed by atoms with van der Waals surface area (Å²) in [6.45, 7) is 12.8. The summed E-state index contributed by atoms with van der Waals surface area (Å²) in [4.78, 5) is 41.0. The third-order valence-corrected chi connectivity index (χ3v) is 10.7. The van der Waals surface area contributed by atoms with Crippen LogP contribution in [-0.2, 0) is 27.2 Å².